The maximum absolute atomic E-state index is 13.1. The van der Waals surface area contributed by atoms with Crippen molar-refractivity contribution in [3.05, 3.63) is 186 Å². The molecule has 3 aromatic carbocycles. The summed E-state index contributed by atoms with van der Waals surface area (Å²) in [6.45, 7) is 31.3. The zero-order valence-electron chi connectivity index (χ0n) is 78.1. The molecule has 5 aromatic heterocycles. The minimum absolute atomic E-state index is 0.00598. The third-order valence-corrected chi connectivity index (χ3v) is 22.6. The maximum atomic E-state index is 13.1. The molecule has 8 fully saturated rings. The van der Waals surface area contributed by atoms with Crippen molar-refractivity contribution in [3.63, 3.8) is 0 Å². The first-order chi connectivity index (χ1) is 64.6. The van der Waals surface area contributed by atoms with Crippen LogP contribution in [0, 0.1) is 0 Å². The number of ether oxygens (including phenoxy) is 3. The lowest BCUT2D eigenvalue weighted by molar-refractivity contribution is -0.140. The van der Waals surface area contributed by atoms with Crippen LogP contribution in [0.15, 0.2) is 150 Å². The van der Waals surface area contributed by atoms with E-state index < -0.39 is 69.7 Å². The molecule has 0 aliphatic carbocycles. The summed E-state index contributed by atoms with van der Waals surface area (Å²) in [5.41, 5.74) is 17.1. The van der Waals surface area contributed by atoms with Crippen molar-refractivity contribution >= 4 is 64.7 Å². The zero-order chi connectivity index (χ0) is 98.1. The number of piperidine rings is 4. The predicted molar refractivity (Wildman–Crippen MR) is 480 cm³/mol. The number of aromatic nitrogens is 10. The summed E-state index contributed by atoms with van der Waals surface area (Å²) in [6, 6.07) is 28.3. The second-order valence-corrected chi connectivity index (χ2v) is 37.3. The number of aliphatic hydroxyl groups is 1. The van der Waals surface area contributed by atoms with Gasteiger partial charge in [-0.05, 0) is 143 Å². The van der Waals surface area contributed by atoms with Crippen LogP contribution in [0.4, 0.5) is 33.6 Å². The van der Waals surface area contributed by atoms with Gasteiger partial charge in [-0.2, -0.15) is 33.8 Å². The molecular weight excluding hydrogens is 1790 g/mol. The normalized spacial score (nSPS) is 21.0. The highest BCUT2D eigenvalue weighted by Gasteiger charge is 2.53. The van der Waals surface area contributed by atoms with Gasteiger partial charge in [0.1, 0.15) is 66.6 Å². The Kier molecular flexibility index (Phi) is 33.5. The average Bonchev–Trinajstić information content (AvgIpc) is 1.63. The predicted octanol–water partition coefficient (Wildman–Crippen LogP) is 10.3. The number of rotatable bonds is 27. The number of fused-ring (bicyclic) bond motifs is 8. The standard InChI is InChI=1S/C25H34N6O5.C19H24N4O3.C18H23N5O3.C14H22N4O4.C11H17N7O7S/c1-16(13-26-17(2)27-23(32)36-25(3,4)5)21-28-29-22(35-21)20-12-11-19-14-30(20)24(33)31(19)34-15-18-9-7-6-8-10-18;1-3-13(2)17-20-21-18(26-17)16-10-9-15-11-22(16)19(24)23(15)25-12-14-7-5-4-6-8-14;1-12(9-19)16-20-21-17(26-16)15-8-7-14-10-22(15)18(24)23(14)25-11-13-5-3-2-4-6-13;1-13(2,3)21-11(19)16-10(18-9-7-8-15-18)17-12(20)22-14(4,5)6;12-10(13)14-3-7(19)9-16-15-8(24-9)6-2-1-5-4-17(6)11(20)18(5)25-26(21,22)23/h6-10,16,19-20,26H,2,11-15H2,1,3-5H3,(H,27,32);4-8,13,15-16H,3,9-12H2,1-2H3;2-6,12,14-15H,7-11,19H2,1H3;7-9H,1-6H3,(H,16,17,19,20);5-7,19H,1-4H2,(H4,12,13,14)(H,21,22,23)/t16-,19+,20-;13-,15+,16-;12-,14+,15-;;5-,6+,7+/m000.1/s1. The number of hydrogen-bond acceptors (Lipinski definition) is 33. The van der Waals surface area contributed by atoms with Gasteiger partial charge >= 0.3 is 52.8 Å². The summed E-state index contributed by atoms with van der Waals surface area (Å²) in [5.74, 6) is 3.09. The van der Waals surface area contributed by atoms with Gasteiger partial charge in [0.05, 0.1) is 36.6 Å². The van der Waals surface area contributed by atoms with E-state index in [4.69, 9.17) is 68.1 Å². The summed E-state index contributed by atoms with van der Waals surface area (Å²) in [5, 5.41) is 59.5. The third kappa shape index (κ3) is 27.5. The number of hydroxylamine groups is 8. The van der Waals surface area contributed by atoms with E-state index in [0.717, 1.165) is 55.2 Å². The Bertz CT molecular complexity index is 5400. The smallest absolute Gasteiger partial charge is 0.437 e. The van der Waals surface area contributed by atoms with E-state index >= 15 is 0 Å². The molecule has 136 heavy (non-hydrogen) atoms. The maximum Gasteiger partial charge on any atom is 0.437 e. The molecule has 0 unspecified atom stereocenters. The van der Waals surface area contributed by atoms with Gasteiger partial charge in [-0.25, -0.2) is 38.2 Å². The summed E-state index contributed by atoms with van der Waals surface area (Å²) in [7, 11) is -4.82. The largest absolute Gasteiger partial charge is 0.444 e. The van der Waals surface area contributed by atoms with Crippen LogP contribution >= 0.6 is 0 Å². The molecular formula is C87H120N26O22S. The Hall–Kier alpha value is -13.3. The number of carbonyl (C=O) groups excluding carboxylic acids is 7. The average molecular weight is 1910 g/mol. The lowest BCUT2D eigenvalue weighted by atomic mass is 10.0. The molecule has 11 N–H and O–H groups in total. The highest BCUT2D eigenvalue weighted by atomic mass is 32.3. The lowest BCUT2D eigenvalue weighted by Gasteiger charge is -2.27. The number of benzene rings is 3. The fourth-order valence-electron chi connectivity index (χ4n) is 15.3. The summed E-state index contributed by atoms with van der Waals surface area (Å²) < 4.78 is 74.6. The first-order valence-corrected chi connectivity index (χ1v) is 46.0. The van der Waals surface area contributed by atoms with Gasteiger partial charge in [0.2, 0.25) is 53.1 Å². The SMILES string of the molecule is C=C(NC[C@H](C)c1nnc([C@@H]2CC[C@@H]3CN2C(=O)N3OCc2ccccc2)o1)NC(=O)OC(C)(C)C.CC(C)(C)OC(=O)N=C(NC(=O)OC(C)(C)C)n1cccn1.CC[C@H](C)c1nnc([C@@H]2CC[C@@H]3CN2C(=O)N3OCc2ccccc2)o1.C[C@@H](CN)c1nnc([C@@H]2CC[C@@H]3CN2C(=O)N3OCc2ccccc2)o1.NC(N)=NC[C@H](O)c1nnc([C@@H]2CC[C@@H]3CN2C(=O)N3OS(=O)(=O)O)o1. The Morgan fingerprint density at radius 3 is 1.24 bits per heavy atom. The van der Waals surface area contributed by atoms with Crippen LogP contribution in [-0.2, 0) is 63.2 Å². The van der Waals surface area contributed by atoms with Gasteiger partial charge in [-0.1, -0.05) is 125 Å². The topological polar surface area (TPSA) is 597 Å². The number of nitrogens with zero attached hydrogens (tertiary/aromatic N) is 20. The Morgan fingerprint density at radius 2 is 0.875 bits per heavy atom. The number of hydrogen-bond donors (Lipinski definition) is 8. The molecule has 11 amide bonds. The van der Waals surface area contributed by atoms with E-state index in [9.17, 15) is 47.1 Å². The number of aliphatic imine (C=N–C) groups is 2. The minimum atomic E-state index is -4.82. The molecule has 0 spiro atoms. The molecule has 8 aliphatic rings. The van der Waals surface area contributed by atoms with Crippen LogP contribution in [-0.4, -0.2) is 250 Å². The third-order valence-electron chi connectivity index (χ3n) is 22.2. The molecule has 8 bridgehead atoms. The first-order valence-electron chi connectivity index (χ1n) is 44.6. The molecule has 8 aliphatic heterocycles. The van der Waals surface area contributed by atoms with E-state index in [0.29, 0.717) is 118 Å². The number of alkyl carbamates (subject to hydrolysis) is 2. The number of nitrogens with one attached hydrogen (secondary N) is 3. The lowest BCUT2D eigenvalue weighted by Crippen LogP contribution is -2.40. The minimum Gasteiger partial charge on any atom is -0.444 e. The van der Waals surface area contributed by atoms with Gasteiger partial charge in [-0.3, -0.25) is 34.7 Å². The van der Waals surface area contributed by atoms with Crippen LogP contribution in [0.25, 0.3) is 0 Å². The number of amides is 11. The summed E-state index contributed by atoms with van der Waals surface area (Å²) in [6.07, 6.45) is 6.14. The van der Waals surface area contributed by atoms with Gasteiger partial charge in [-0.15, -0.1) is 50.1 Å². The van der Waals surface area contributed by atoms with E-state index in [2.05, 4.69) is 96.5 Å². The number of carbonyl (C=O) groups is 7. The van der Waals surface area contributed by atoms with Gasteiger partial charge in [0.25, 0.3) is 0 Å². The summed E-state index contributed by atoms with van der Waals surface area (Å²) >= 11 is 0. The fourth-order valence-corrected chi connectivity index (χ4v) is 15.7. The van der Waals surface area contributed by atoms with Crippen molar-refractivity contribution in [2.75, 3.05) is 45.8 Å². The van der Waals surface area contributed by atoms with E-state index in [1.54, 1.807) is 83.1 Å². The molecule has 736 valence electrons. The van der Waals surface area contributed by atoms with Crippen LogP contribution in [0.5, 0.6) is 0 Å². The Labute approximate surface area is 785 Å². The second-order valence-electron chi connectivity index (χ2n) is 36.3. The van der Waals surface area contributed by atoms with Crippen molar-refractivity contribution in [1.29, 1.82) is 0 Å². The highest BCUT2D eigenvalue weighted by Crippen LogP contribution is 2.44. The quantitative estimate of drug-likeness (QED) is 0.0103. The molecule has 8 aromatic rings. The van der Waals surface area contributed by atoms with Gasteiger partial charge < -0.3 is 79.1 Å². The second kappa shape index (κ2) is 44.9. The van der Waals surface area contributed by atoms with Gasteiger partial charge in [0.15, 0.2) is 12.1 Å². The van der Waals surface area contributed by atoms with Crippen molar-refractivity contribution in [1.82, 2.24) is 106 Å². The fraction of sp³-hybridized carbons (Fsp3) is 0.540. The molecule has 16 rings (SSSR count). The molecule has 13 heterocycles. The van der Waals surface area contributed by atoms with Crippen molar-refractivity contribution in [2.45, 2.75) is 257 Å². The van der Waals surface area contributed by atoms with Crippen molar-refractivity contribution < 1.29 is 102 Å². The Morgan fingerprint density at radius 1 is 0.515 bits per heavy atom. The zero-order valence-corrected chi connectivity index (χ0v) is 78.9. The first kappa shape index (κ1) is 102. The number of urea groups is 4. The van der Waals surface area contributed by atoms with Crippen LogP contribution in [0.3, 0.4) is 0 Å². The van der Waals surface area contributed by atoms with Crippen LogP contribution in [0.2, 0.25) is 0 Å². The molecule has 8 saturated heterocycles. The van der Waals surface area contributed by atoms with E-state index in [1.807, 2.05) is 105 Å². The summed E-state index contributed by atoms with van der Waals surface area (Å²) in [4.78, 5) is 118. The molecule has 12 atom stereocenters. The van der Waals surface area contributed by atoms with E-state index in [1.165, 1.54) is 37.2 Å². The number of nitrogens with two attached hydrogens (primary N) is 3. The van der Waals surface area contributed by atoms with E-state index in [-0.39, 0.29) is 109 Å². The van der Waals surface area contributed by atoms with Crippen molar-refractivity contribution in [3.8, 4) is 0 Å². The van der Waals surface area contributed by atoms with Crippen molar-refractivity contribution in [2.24, 2.45) is 27.2 Å². The van der Waals surface area contributed by atoms with Crippen LogP contribution < -0.4 is 33.2 Å². The number of guanidine groups is 1. The molecule has 0 saturated carbocycles. The van der Waals surface area contributed by atoms with Crippen LogP contribution in [0.1, 0.15) is 260 Å². The Balaban J connectivity index is 0.000000154. The van der Waals surface area contributed by atoms with Gasteiger partial charge in [0, 0.05) is 63.5 Å². The monoisotopic (exact) mass is 1910 g/mol. The molecule has 49 heteroatoms. The molecule has 0 radical (unpaired) electrons. The number of aliphatic hydroxyl groups excluding tert-OH is 1. The molecule has 48 nitrogen and oxygen atoms in total. The highest BCUT2D eigenvalue weighted by molar-refractivity contribution is 7.80.